The number of rotatable bonds is 2. The molecule has 1 aromatic carbocycles. The number of aryl methyl sites for hydroxylation is 1. The lowest BCUT2D eigenvalue weighted by Gasteiger charge is -2.12. The molecular formula is C15H16N4O. The van der Waals surface area contributed by atoms with Gasteiger partial charge < -0.3 is 14.7 Å². The van der Waals surface area contributed by atoms with E-state index in [1.807, 2.05) is 24.5 Å². The Labute approximate surface area is 116 Å². The summed E-state index contributed by atoms with van der Waals surface area (Å²) in [6, 6.07) is 5.62. The van der Waals surface area contributed by atoms with Gasteiger partial charge in [-0.1, -0.05) is 6.07 Å². The van der Waals surface area contributed by atoms with Crippen LogP contribution in [0.5, 0.6) is 0 Å². The third-order valence-electron chi connectivity index (χ3n) is 3.91. The molecule has 0 fully saturated rings. The molecule has 0 bridgehead atoms. The lowest BCUT2D eigenvalue weighted by Crippen LogP contribution is -2.09. The SMILES string of the molecule is Nc1cccc2oc(Cn3cnc4c3CCCC4)nc12. The fraction of sp³-hybridized carbons (Fsp3) is 0.333. The Morgan fingerprint density at radius 3 is 3.05 bits per heavy atom. The molecule has 5 nitrogen and oxygen atoms in total. The minimum atomic E-state index is 0.621. The maximum absolute atomic E-state index is 5.91. The van der Waals surface area contributed by atoms with Crippen LogP contribution in [0.15, 0.2) is 28.9 Å². The van der Waals surface area contributed by atoms with Crippen LogP contribution in [-0.2, 0) is 19.4 Å². The van der Waals surface area contributed by atoms with Gasteiger partial charge >= 0.3 is 0 Å². The molecule has 0 atom stereocenters. The highest BCUT2D eigenvalue weighted by atomic mass is 16.3. The summed E-state index contributed by atoms with van der Waals surface area (Å²) >= 11 is 0. The van der Waals surface area contributed by atoms with Crippen molar-refractivity contribution in [3.63, 3.8) is 0 Å². The molecule has 0 unspecified atom stereocenters. The Bertz CT molecular complexity index is 771. The number of fused-ring (bicyclic) bond motifs is 2. The Morgan fingerprint density at radius 1 is 1.25 bits per heavy atom. The fourth-order valence-electron chi connectivity index (χ4n) is 2.90. The molecule has 102 valence electrons. The summed E-state index contributed by atoms with van der Waals surface area (Å²) in [5, 5.41) is 0. The van der Waals surface area contributed by atoms with E-state index in [-0.39, 0.29) is 0 Å². The van der Waals surface area contributed by atoms with E-state index in [4.69, 9.17) is 10.2 Å². The molecule has 20 heavy (non-hydrogen) atoms. The molecule has 3 aromatic rings. The molecule has 0 radical (unpaired) electrons. The third-order valence-corrected chi connectivity index (χ3v) is 3.91. The predicted octanol–water partition coefficient (Wildman–Crippen LogP) is 2.53. The minimum absolute atomic E-state index is 0.621. The van der Waals surface area contributed by atoms with Gasteiger partial charge in [0.25, 0.3) is 0 Å². The molecule has 0 aliphatic heterocycles. The van der Waals surface area contributed by atoms with Crippen LogP contribution in [0, 0.1) is 0 Å². The molecule has 2 heterocycles. The zero-order valence-electron chi connectivity index (χ0n) is 11.2. The van der Waals surface area contributed by atoms with Crippen molar-refractivity contribution in [3.8, 4) is 0 Å². The lowest BCUT2D eigenvalue weighted by atomic mass is 10.0. The number of imidazole rings is 1. The first kappa shape index (κ1) is 11.5. The topological polar surface area (TPSA) is 69.9 Å². The monoisotopic (exact) mass is 268 g/mol. The van der Waals surface area contributed by atoms with Crippen molar-refractivity contribution in [2.45, 2.75) is 32.2 Å². The number of nitrogens with zero attached hydrogens (tertiary/aromatic N) is 3. The van der Waals surface area contributed by atoms with E-state index < -0.39 is 0 Å². The number of anilines is 1. The molecule has 0 saturated carbocycles. The quantitative estimate of drug-likeness (QED) is 0.725. The van der Waals surface area contributed by atoms with Gasteiger partial charge in [0.2, 0.25) is 5.89 Å². The molecular weight excluding hydrogens is 252 g/mol. The standard InChI is InChI=1S/C15H16N4O/c16-10-4-3-7-13-15(10)18-14(20-13)8-19-9-17-11-5-1-2-6-12(11)19/h3-4,7,9H,1-2,5-6,8,16H2. The molecule has 0 saturated heterocycles. The number of aromatic nitrogens is 3. The first-order chi connectivity index (χ1) is 9.81. The molecule has 1 aliphatic rings. The van der Waals surface area contributed by atoms with Crippen LogP contribution in [0.3, 0.4) is 0 Å². The molecule has 4 rings (SSSR count). The lowest BCUT2D eigenvalue weighted by molar-refractivity contribution is 0.499. The van der Waals surface area contributed by atoms with E-state index >= 15 is 0 Å². The average Bonchev–Trinajstić information content (AvgIpc) is 3.05. The summed E-state index contributed by atoms with van der Waals surface area (Å²) in [7, 11) is 0. The number of hydrogen-bond donors (Lipinski definition) is 1. The molecule has 2 aromatic heterocycles. The molecule has 0 spiro atoms. The maximum atomic E-state index is 5.91. The van der Waals surface area contributed by atoms with Gasteiger partial charge in [0.15, 0.2) is 5.58 Å². The number of oxazole rings is 1. The smallest absolute Gasteiger partial charge is 0.215 e. The van der Waals surface area contributed by atoms with Gasteiger partial charge in [0.1, 0.15) is 12.1 Å². The molecule has 1 aliphatic carbocycles. The average molecular weight is 268 g/mol. The van der Waals surface area contributed by atoms with Gasteiger partial charge in [-0.25, -0.2) is 9.97 Å². The molecule has 5 heteroatoms. The van der Waals surface area contributed by atoms with Gasteiger partial charge in [0, 0.05) is 5.69 Å². The highest BCUT2D eigenvalue weighted by Crippen LogP contribution is 2.24. The first-order valence-electron chi connectivity index (χ1n) is 6.98. The number of benzene rings is 1. The van der Waals surface area contributed by atoms with Crippen LogP contribution in [0.1, 0.15) is 30.1 Å². The maximum Gasteiger partial charge on any atom is 0.215 e. The van der Waals surface area contributed by atoms with Crippen molar-refractivity contribution < 1.29 is 4.42 Å². The second kappa shape index (κ2) is 4.37. The van der Waals surface area contributed by atoms with Crippen molar-refractivity contribution in [1.29, 1.82) is 0 Å². The molecule has 2 N–H and O–H groups in total. The van der Waals surface area contributed by atoms with Crippen LogP contribution in [0.25, 0.3) is 11.1 Å². The van der Waals surface area contributed by atoms with Gasteiger partial charge in [-0.2, -0.15) is 0 Å². The fourth-order valence-corrected chi connectivity index (χ4v) is 2.90. The number of para-hydroxylation sites is 1. The van der Waals surface area contributed by atoms with Crippen LogP contribution >= 0.6 is 0 Å². The van der Waals surface area contributed by atoms with Crippen molar-refractivity contribution in [1.82, 2.24) is 14.5 Å². The zero-order chi connectivity index (χ0) is 13.5. The molecule has 0 amide bonds. The second-order valence-electron chi connectivity index (χ2n) is 5.27. The highest BCUT2D eigenvalue weighted by Gasteiger charge is 2.17. The highest BCUT2D eigenvalue weighted by molar-refractivity contribution is 5.85. The summed E-state index contributed by atoms with van der Waals surface area (Å²) in [6.45, 7) is 0.621. The van der Waals surface area contributed by atoms with Gasteiger partial charge in [-0.15, -0.1) is 0 Å². The number of nitrogens with two attached hydrogens (primary N) is 1. The van der Waals surface area contributed by atoms with E-state index in [1.54, 1.807) is 0 Å². The third kappa shape index (κ3) is 1.78. The normalized spacial score (nSPS) is 14.6. The Morgan fingerprint density at radius 2 is 2.15 bits per heavy atom. The summed E-state index contributed by atoms with van der Waals surface area (Å²) in [5.74, 6) is 0.684. The van der Waals surface area contributed by atoms with Crippen LogP contribution in [0.2, 0.25) is 0 Å². The van der Waals surface area contributed by atoms with Crippen molar-refractivity contribution in [3.05, 3.63) is 41.8 Å². The van der Waals surface area contributed by atoms with Gasteiger partial charge in [-0.05, 0) is 37.8 Å². The number of nitrogen functional groups attached to an aromatic ring is 1. The second-order valence-corrected chi connectivity index (χ2v) is 5.27. The van der Waals surface area contributed by atoms with Gasteiger partial charge in [0.05, 0.1) is 17.7 Å². The van der Waals surface area contributed by atoms with Gasteiger partial charge in [-0.3, -0.25) is 0 Å². The van der Waals surface area contributed by atoms with E-state index in [0.29, 0.717) is 18.1 Å². The van der Waals surface area contributed by atoms with Crippen molar-refractivity contribution >= 4 is 16.8 Å². The van der Waals surface area contributed by atoms with E-state index in [2.05, 4.69) is 14.5 Å². The van der Waals surface area contributed by atoms with E-state index in [0.717, 1.165) is 23.9 Å². The van der Waals surface area contributed by atoms with Crippen LogP contribution < -0.4 is 5.73 Å². The Hall–Kier alpha value is -2.30. The van der Waals surface area contributed by atoms with E-state index in [9.17, 15) is 0 Å². The van der Waals surface area contributed by atoms with Crippen LogP contribution in [0.4, 0.5) is 5.69 Å². The summed E-state index contributed by atoms with van der Waals surface area (Å²) < 4.78 is 7.92. The summed E-state index contributed by atoms with van der Waals surface area (Å²) in [4.78, 5) is 8.99. The van der Waals surface area contributed by atoms with E-state index in [1.165, 1.54) is 24.2 Å². The number of hydrogen-bond acceptors (Lipinski definition) is 4. The summed E-state index contributed by atoms with van der Waals surface area (Å²) in [5.41, 5.74) is 10.6. The van der Waals surface area contributed by atoms with Crippen molar-refractivity contribution in [2.24, 2.45) is 0 Å². The predicted molar refractivity (Wildman–Crippen MR) is 76.4 cm³/mol. The largest absolute Gasteiger partial charge is 0.439 e. The first-order valence-corrected chi connectivity index (χ1v) is 6.98. The Balaban J connectivity index is 1.70. The zero-order valence-corrected chi connectivity index (χ0v) is 11.2. The van der Waals surface area contributed by atoms with Crippen LogP contribution in [-0.4, -0.2) is 14.5 Å². The Kier molecular flexibility index (Phi) is 2.52. The minimum Gasteiger partial charge on any atom is -0.439 e. The van der Waals surface area contributed by atoms with Crippen molar-refractivity contribution in [2.75, 3.05) is 5.73 Å². The summed E-state index contributed by atoms with van der Waals surface area (Å²) in [6.07, 6.45) is 6.55.